The Kier molecular flexibility index (Phi) is 6.12. The second-order valence-electron chi connectivity index (χ2n) is 6.02. The highest BCUT2D eigenvalue weighted by Crippen LogP contribution is 2.35. The molecular weight excluding hydrogens is 368 g/mol. The first-order valence-corrected chi connectivity index (χ1v) is 9.73. The summed E-state index contributed by atoms with van der Waals surface area (Å²) in [5.41, 5.74) is 1.54. The number of nitro benzene ring substituents is 1. The van der Waals surface area contributed by atoms with Crippen LogP contribution in [0.25, 0.3) is 6.08 Å². The number of carbonyl (C=O) groups excluding carboxylic acids is 1. The van der Waals surface area contributed by atoms with E-state index in [0.717, 1.165) is 5.69 Å². The normalized spacial score (nSPS) is 20.7. The number of amides is 1. The SMILES string of the molecule is CCN=C1S/C(=C\c2cc([N+](=O)[O-])ccc2N2CCOCC2)C(=O)N1CC. The van der Waals surface area contributed by atoms with Gasteiger partial charge in [-0.3, -0.25) is 24.8 Å². The lowest BCUT2D eigenvalue weighted by Crippen LogP contribution is -2.36. The minimum absolute atomic E-state index is 0.00380. The van der Waals surface area contributed by atoms with Crippen LogP contribution in [0.3, 0.4) is 0 Å². The molecule has 2 fully saturated rings. The van der Waals surface area contributed by atoms with Gasteiger partial charge in [0.05, 0.1) is 23.0 Å². The summed E-state index contributed by atoms with van der Waals surface area (Å²) in [6, 6.07) is 4.77. The monoisotopic (exact) mass is 390 g/mol. The first-order valence-electron chi connectivity index (χ1n) is 8.92. The highest BCUT2D eigenvalue weighted by atomic mass is 32.2. The van der Waals surface area contributed by atoms with Crippen LogP contribution in [0, 0.1) is 10.1 Å². The van der Waals surface area contributed by atoms with Gasteiger partial charge >= 0.3 is 0 Å². The smallest absolute Gasteiger partial charge is 0.270 e. The molecule has 1 aromatic carbocycles. The number of hydrogen-bond acceptors (Lipinski definition) is 7. The third kappa shape index (κ3) is 4.14. The molecule has 1 amide bonds. The minimum Gasteiger partial charge on any atom is -0.378 e. The van der Waals surface area contributed by atoms with E-state index in [2.05, 4.69) is 9.89 Å². The van der Waals surface area contributed by atoms with Crippen molar-refractivity contribution >= 4 is 40.3 Å². The standard InChI is InChI=1S/C18H22N4O4S/c1-3-19-18-21(4-2)17(23)16(27-18)12-13-11-14(22(24)25)5-6-15(13)20-7-9-26-10-8-20/h5-6,11-12H,3-4,7-10H2,1-2H3/b16-12-,19-18?. The molecule has 2 aliphatic heterocycles. The van der Waals surface area contributed by atoms with Crippen molar-refractivity contribution in [2.24, 2.45) is 4.99 Å². The molecule has 2 heterocycles. The van der Waals surface area contributed by atoms with Gasteiger partial charge in [-0.2, -0.15) is 0 Å². The topological polar surface area (TPSA) is 88.3 Å². The number of nitro groups is 1. The van der Waals surface area contributed by atoms with Crippen LogP contribution in [0.4, 0.5) is 11.4 Å². The molecule has 1 aromatic rings. The Balaban J connectivity index is 2.02. The lowest BCUT2D eigenvalue weighted by molar-refractivity contribution is -0.384. The van der Waals surface area contributed by atoms with E-state index in [1.165, 1.54) is 23.9 Å². The summed E-state index contributed by atoms with van der Waals surface area (Å²) in [5.74, 6) is -0.117. The maximum atomic E-state index is 12.7. The van der Waals surface area contributed by atoms with Gasteiger partial charge in [-0.25, -0.2) is 0 Å². The number of carbonyl (C=O) groups is 1. The maximum absolute atomic E-state index is 12.7. The van der Waals surface area contributed by atoms with Crippen LogP contribution in [0.1, 0.15) is 19.4 Å². The second-order valence-corrected chi connectivity index (χ2v) is 7.03. The zero-order valence-electron chi connectivity index (χ0n) is 15.4. The molecule has 0 aromatic heterocycles. The predicted octanol–water partition coefficient (Wildman–Crippen LogP) is 2.74. The molecule has 0 bridgehead atoms. The molecular formula is C18H22N4O4S. The Morgan fingerprint density at radius 1 is 1.33 bits per heavy atom. The molecule has 3 rings (SSSR count). The number of nitrogens with zero attached hydrogens (tertiary/aromatic N) is 4. The highest BCUT2D eigenvalue weighted by molar-refractivity contribution is 8.18. The lowest BCUT2D eigenvalue weighted by atomic mass is 10.1. The van der Waals surface area contributed by atoms with E-state index >= 15 is 0 Å². The third-order valence-electron chi connectivity index (χ3n) is 4.36. The molecule has 2 saturated heterocycles. The number of rotatable bonds is 5. The first-order chi connectivity index (χ1) is 13.0. The van der Waals surface area contributed by atoms with Gasteiger partial charge in [-0.05, 0) is 37.8 Å². The molecule has 144 valence electrons. The molecule has 8 nitrogen and oxygen atoms in total. The molecule has 0 unspecified atom stereocenters. The second kappa shape index (κ2) is 8.53. The highest BCUT2D eigenvalue weighted by Gasteiger charge is 2.32. The maximum Gasteiger partial charge on any atom is 0.270 e. The Bertz CT molecular complexity index is 803. The number of ether oxygens (including phenoxy) is 1. The van der Waals surface area contributed by atoms with Crippen LogP contribution in [0.2, 0.25) is 0 Å². The summed E-state index contributed by atoms with van der Waals surface area (Å²) < 4.78 is 5.40. The van der Waals surface area contributed by atoms with E-state index in [9.17, 15) is 14.9 Å². The number of hydrogen-bond donors (Lipinski definition) is 0. The summed E-state index contributed by atoms with van der Waals surface area (Å²) in [7, 11) is 0. The zero-order valence-corrected chi connectivity index (χ0v) is 16.2. The van der Waals surface area contributed by atoms with Gasteiger partial charge in [-0.1, -0.05) is 0 Å². The van der Waals surface area contributed by atoms with Gasteiger partial charge in [-0.15, -0.1) is 0 Å². The van der Waals surface area contributed by atoms with E-state index in [4.69, 9.17) is 4.74 Å². The van der Waals surface area contributed by atoms with E-state index in [1.807, 2.05) is 13.8 Å². The van der Waals surface area contributed by atoms with Crippen molar-refractivity contribution in [3.8, 4) is 0 Å². The number of morpholine rings is 1. The first kappa shape index (κ1) is 19.4. The Morgan fingerprint density at radius 3 is 2.70 bits per heavy atom. The third-order valence-corrected chi connectivity index (χ3v) is 5.40. The number of non-ortho nitro benzene ring substituents is 1. The summed E-state index contributed by atoms with van der Waals surface area (Å²) in [6.07, 6.45) is 1.74. The zero-order chi connectivity index (χ0) is 19.4. The average Bonchev–Trinajstić information content (AvgIpc) is 2.97. The fourth-order valence-electron chi connectivity index (χ4n) is 3.04. The van der Waals surface area contributed by atoms with Gasteiger partial charge in [0.2, 0.25) is 0 Å². The Morgan fingerprint density at radius 2 is 2.07 bits per heavy atom. The number of thioether (sulfide) groups is 1. The van der Waals surface area contributed by atoms with Crippen LogP contribution in [-0.2, 0) is 9.53 Å². The quantitative estimate of drug-likeness (QED) is 0.436. The van der Waals surface area contributed by atoms with E-state index in [-0.39, 0.29) is 11.6 Å². The average molecular weight is 390 g/mol. The number of aliphatic imine (C=N–C) groups is 1. The molecule has 2 aliphatic rings. The molecule has 27 heavy (non-hydrogen) atoms. The van der Waals surface area contributed by atoms with Gasteiger partial charge in [0.1, 0.15) is 0 Å². The van der Waals surface area contributed by atoms with Gasteiger partial charge in [0.25, 0.3) is 11.6 Å². The van der Waals surface area contributed by atoms with E-state index in [1.54, 1.807) is 17.0 Å². The molecule has 9 heteroatoms. The number of anilines is 1. The van der Waals surface area contributed by atoms with Crippen molar-refractivity contribution in [1.29, 1.82) is 0 Å². The lowest BCUT2D eigenvalue weighted by Gasteiger charge is -2.30. The van der Waals surface area contributed by atoms with Crippen molar-refractivity contribution in [2.75, 3.05) is 44.3 Å². The van der Waals surface area contributed by atoms with Crippen LogP contribution in [0.5, 0.6) is 0 Å². The molecule has 0 atom stereocenters. The van der Waals surface area contributed by atoms with Gasteiger partial charge in [0, 0.05) is 49.6 Å². The number of amidine groups is 1. The summed E-state index contributed by atoms with van der Waals surface area (Å²) in [6.45, 7) is 7.58. The number of likely N-dealkylation sites (N-methyl/N-ethyl adjacent to an activating group) is 1. The Labute approximate surface area is 162 Å². The predicted molar refractivity (Wildman–Crippen MR) is 107 cm³/mol. The fraction of sp³-hybridized carbons (Fsp3) is 0.444. The van der Waals surface area contributed by atoms with Crippen molar-refractivity contribution in [3.05, 3.63) is 38.8 Å². The van der Waals surface area contributed by atoms with Crippen LogP contribution >= 0.6 is 11.8 Å². The summed E-state index contributed by atoms with van der Waals surface area (Å²) in [5, 5.41) is 11.9. The van der Waals surface area contributed by atoms with Crippen molar-refractivity contribution in [3.63, 3.8) is 0 Å². The van der Waals surface area contributed by atoms with Crippen molar-refractivity contribution < 1.29 is 14.5 Å². The van der Waals surface area contributed by atoms with Crippen molar-refractivity contribution in [2.45, 2.75) is 13.8 Å². The Hall–Kier alpha value is -2.39. The van der Waals surface area contributed by atoms with Gasteiger partial charge < -0.3 is 9.64 Å². The molecule has 0 spiro atoms. The van der Waals surface area contributed by atoms with E-state index in [0.29, 0.717) is 55.0 Å². The summed E-state index contributed by atoms with van der Waals surface area (Å²) >= 11 is 1.31. The largest absolute Gasteiger partial charge is 0.378 e. The van der Waals surface area contributed by atoms with Crippen LogP contribution in [0.15, 0.2) is 28.1 Å². The molecule has 0 saturated carbocycles. The molecule has 0 radical (unpaired) electrons. The molecule has 0 N–H and O–H groups in total. The van der Waals surface area contributed by atoms with Gasteiger partial charge in [0.15, 0.2) is 5.17 Å². The molecule has 0 aliphatic carbocycles. The minimum atomic E-state index is -0.420. The van der Waals surface area contributed by atoms with Crippen LogP contribution in [-0.4, -0.2) is 60.3 Å². The van der Waals surface area contributed by atoms with E-state index < -0.39 is 4.92 Å². The van der Waals surface area contributed by atoms with Crippen molar-refractivity contribution in [1.82, 2.24) is 4.90 Å². The number of benzene rings is 1. The van der Waals surface area contributed by atoms with Crippen LogP contribution < -0.4 is 4.90 Å². The summed E-state index contributed by atoms with van der Waals surface area (Å²) in [4.78, 5) is 32.2. The fourth-order valence-corrected chi connectivity index (χ4v) is 4.14.